The number of hydrogen-bond donors (Lipinski definition) is 1. The number of hydrogen-bond acceptors (Lipinski definition) is 2. The molecule has 1 aliphatic rings. The highest BCUT2D eigenvalue weighted by Crippen LogP contribution is 2.31. The molecule has 82 valence electrons. The van der Waals surface area contributed by atoms with Crippen molar-refractivity contribution in [3.63, 3.8) is 0 Å². The normalized spacial score (nSPS) is 24.3. The Bertz CT molecular complexity index is 337. The number of rotatable bonds is 2. The second kappa shape index (κ2) is 4.23. The largest absolute Gasteiger partial charge is 0.508 e. The first-order valence-electron chi connectivity index (χ1n) is 5.70. The molecule has 0 spiro atoms. The van der Waals surface area contributed by atoms with Crippen LogP contribution in [0.5, 0.6) is 5.75 Å². The molecule has 1 N–H and O–H groups in total. The molecule has 2 rings (SSSR count). The zero-order valence-electron chi connectivity index (χ0n) is 9.48. The molecule has 1 saturated heterocycles. The van der Waals surface area contributed by atoms with Crippen LogP contribution in [-0.4, -0.2) is 23.1 Å². The van der Waals surface area contributed by atoms with Gasteiger partial charge in [-0.2, -0.15) is 0 Å². The van der Waals surface area contributed by atoms with Crippen molar-refractivity contribution in [2.45, 2.75) is 26.3 Å². The van der Waals surface area contributed by atoms with E-state index in [0.29, 0.717) is 11.8 Å². The molecular formula is C13H19NO. The zero-order valence-corrected chi connectivity index (χ0v) is 9.48. The van der Waals surface area contributed by atoms with E-state index in [0.717, 1.165) is 24.6 Å². The average molecular weight is 205 g/mol. The molecule has 0 bridgehead atoms. The number of aromatic hydroxyl groups is 1. The van der Waals surface area contributed by atoms with Crippen LogP contribution in [0.1, 0.15) is 31.9 Å². The summed E-state index contributed by atoms with van der Waals surface area (Å²) in [6, 6.07) is 7.98. The Labute approximate surface area is 91.5 Å². The maximum atomic E-state index is 9.78. The Balaban J connectivity index is 2.14. The standard InChI is InChI=1S/C13H19NO/c1-10-7-8-14(9-10)11(2)12-5-3-4-6-13(12)15/h3-6,10-11,15H,7-9H2,1-2H3. The summed E-state index contributed by atoms with van der Waals surface area (Å²) in [6.07, 6.45) is 1.28. The monoisotopic (exact) mass is 205 g/mol. The predicted octanol–water partition coefficient (Wildman–Crippen LogP) is 2.80. The van der Waals surface area contributed by atoms with Crippen LogP contribution in [-0.2, 0) is 0 Å². The van der Waals surface area contributed by atoms with Gasteiger partial charge in [0, 0.05) is 18.2 Å². The summed E-state index contributed by atoms with van der Waals surface area (Å²) in [5.74, 6) is 1.21. The van der Waals surface area contributed by atoms with Gasteiger partial charge in [0.25, 0.3) is 0 Å². The summed E-state index contributed by atoms with van der Waals surface area (Å²) >= 11 is 0. The van der Waals surface area contributed by atoms with Crippen molar-refractivity contribution in [3.8, 4) is 5.75 Å². The number of phenols is 1. The Kier molecular flexibility index (Phi) is 2.96. The molecular weight excluding hydrogens is 186 g/mol. The fraction of sp³-hybridized carbons (Fsp3) is 0.538. The second-order valence-electron chi connectivity index (χ2n) is 4.62. The van der Waals surface area contributed by atoms with Crippen molar-refractivity contribution in [1.82, 2.24) is 4.90 Å². The molecule has 1 heterocycles. The molecule has 1 aromatic rings. The van der Waals surface area contributed by atoms with Gasteiger partial charge in [-0.3, -0.25) is 4.90 Å². The van der Waals surface area contributed by atoms with E-state index in [4.69, 9.17) is 0 Å². The minimum atomic E-state index is 0.330. The lowest BCUT2D eigenvalue weighted by molar-refractivity contribution is 0.250. The number of para-hydroxylation sites is 1. The van der Waals surface area contributed by atoms with Gasteiger partial charge in [0.2, 0.25) is 0 Å². The molecule has 15 heavy (non-hydrogen) atoms. The highest BCUT2D eigenvalue weighted by molar-refractivity contribution is 5.34. The van der Waals surface area contributed by atoms with Crippen molar-refractivity contribution >= 4 is 0 Å². The quantitative estimate of drug-likeness (QED) is 0.802. The van der Waals surface area contributed by atoms with Crippen molar-refractivity contribution in [1.29, 1.82) is 0 Å². The molecule has 1 aliphatic heterocycles. The molecule has 1 fully saturated rings. The first-order valence-corrected chi connectivity index (χ1v) is 5.70. The van der Waals surface area contributed by atoms with Gasteiger partial charge in [-0.05, 0) is 31.9 Å². The van der Waals surface area contributed by atoms with Gasteiger partial charge in [0.15, 0.2) is 0 Å². The fourth-order valence-electron chi connectivity index (χ4n) is 2.36. The molecule has 2 atom stereocenters. The lowest BCUT2D eigenvalue weighted by atomic mass is 10.1. The third kappa shape index (κ3) is 2.15. The molecule has 2 unspecified atom stereocenters. The number of nitrogens with zero attached hydrogens (tertiary/aromatic N) is 1. The summed E-state index contributed by atoms with van der Waals surface area (Å²) in [5.41, 5.74) is 1.05. The van der Waals surface area contributed by atoms with E-state index in [1.807, 2.05) is 18.2 Å². The molecule has 0 amide bonds. The van der Waals surface area contributed by atoms with E-state index in [1.165, 1.54) is 6.42 Å². The van der Waals surface area contributed by atoms with Crippen molar-refractivity contribution in [3.05, 3.63) is 29.8 Å². The van der Waals surface area contributed by atoms with Crippen molar-refractivity contribution in [2.75, 3.05) is 13.1 Å². The topological polar surface area (TPSA) is 23.5 Å². The Hall–Kier alpha value is -1.02. The van der Waals surface area contributed by atoms with Crippen LogP contribution in [0.4, 0.5) is 0 Å². The van der Waals surface area contributed by atoms with Crippen molar-refractivity contribution in [2.24, 2.45) is 5.92 Å². The Morgan fingerprint density at radius 3 is 2.73 bits per heavy atom. The Morgan fingerprint density at radius 2 is 2.13 bits per heavy atom. The summed E-state index contributed by atoms with van der Waals surface area (Å²) in [6.45, 7) is 6.76. The second-order valence-corrected chi connectivity index (χ2v) is 4.62. The van der Waals surface area contributed by atoms with Gasteiger partial charge in [0.1, 0.15) is 5.75 Å². The summed E-state index contributed by atoms with van der Waals surface area (Å²) in [5, 5.41) is 9.78. The smallest absolute Gasteiger partial charge is 0.120 e. The van der Waals surface area contributed by atoms with Crippen LogP contribution in [0.25, 0.3) is 0 Å². The van der Waals surface area contributed by atoms with Gasteiger partial charge < -0.3 is 5.11 Å². The third-order valence-electron chi connectivity index (χ3n) is 3.39. The van der Waals surface area contributed by atoms with E-state index in [1.54, 1.807) is 6.07 Å². The molecule has 2 heteroatoms. The Morgan fingerprint density at radius 1 is 1.40 bits per heavy atom. The molecule has 0 saturated carbocycles. The lowest BCUT2D eigenvalue weighted by Crippen LogP contribution is -2.24. The van der Waals surface area contributed by atoms with E-state index < -0.39 is 0 Å². The van der Waals surface area contributed by atoms with Crippen LogP contribution in [0, 0.1) is 5.92 Å². The maximum Gasteiger partial charge on any atom is 0.120 e. The first kappa shape index (κ1) is 10.5. The highest BCUT2D eigenvalue weighted by Gasteiger charge is 2.25. The average Bonchev–Trinajstić information content (AvgIpc) is 2.65. The first-order chi connectivity index (χ1) is 7.18. The number of likely N-dealkylation sites (tertiary alicyclic amines) is 1. The van der Waals surface area contributed by atoms with E-state index in [-0.39, 0.29) is 0 Å². The van der Waals surface area contributed by atoms with Crippen LogP contribution < -0.4 is 0 Å². The van der Waals surface area contributed by atoms with Crippen LogP contribution in [0.2, 0.25) is 0 Å². The van der Waals surface area contributed by atoms with Gasteiger partial charge in [-0.1, -0.05) is 25.1 Å². The highest BCUT2D eigenvalue weighted by atomic mass is 16.3. The third-order valence-corrected chi connectivity index (χ3v) is 3.39. The molecule has 0 aromatic heterocycles. The SMILES string of the molecule is CC1CCN(C(C)c2ccccc2O)C1. The zero-order chi connectivity index (χ0) is 10.8. The fourth-order valence-corrected chi connectivity index (χ4v) is 2.36. The lowest BCUT2D eigenvalue weighted by Gasteiger charge is -2.25. The van der Waals surface area contributed by atoms with E-state index in [2.05, 4.69) is 18.7 Å². The molecule has 0 radical (unpaired) electrons. The van der Waals surface area contributed by atoms with E-state index in [9.17, 15) is 5.11 Å². The summed E-state index contributed by atoms with van der Waals surface area (Å²) < 4.78 is 0. The van der Waals surface area contributed by atoms with Crippen LogP contribution >= 0.6 is 0 Å². The van der Waals surface area contributed by atoms with Crippen LogP contribution in [0.3, 0.4) is 0 Å². The molecule has 1 aromatic carbocycles. The minimum Gasteiger partial charge on any atom is -0.508 e. The molecule has 2 nitrogen and oxygen atoms in total. The predicted molar refractivity (Wildman–Crippen MR) is 61.9 cm³/mol. The summed E-state index contributed by atoms with van der Waals surface area (Å²) in [4.78, 5) is 2.44. The van der Waals surface area contributed by atoms with E-state index >= 15 is 0 Å². The van der Waals surface area contributed by atoms with Crippen molar-refractivity contribution < 1.29 is 5.11 Å². The van der Waals surface area contributed by atoms with Gasteiger partial charge in [0.05, 0.1) is 0 Å². The minimum absolute atomic E-state index is 0.330. The van der Waals surface area contributed by atoms with Gasteiger partial charge in [-0.25, -0.2) is 0 Å². The summed E-state index contributed by atoms with van der Waals surface area (Å²) in [7, 11) is 0. The maximum absolute atomic E-state index is 9.78. The number of phenolic OH excluding ortho intramolecular Hbond substituents is 1. The number of benzene rings is 1. The van der Waals surface area contributed by atoms with Crippen LogP contribution in [0.15, 0.2) is 24.3 Å². The molecule has 0 aliphatic carbocycles. The van der Waals surface area contributed by atoms with Gasteiger partial charge >= 0.3 is 0 Å². The van der Waals surface area contributed by atoms with Gasteiger partial charge in [-0.15, -0.1) is 0 Å².